The van der Waals surface area contributed by atoms with Crippen LogP contribution in [0.15, 0.2) is 17.2 Å². The van der Waals surface area contributed by atoms with Gasteiger partial charge in [-0.15, -0.1) is 0 Å². The second-order valence-electron chi connectivity index (χ2n) is 5.46. The van der Waals surface area contributed by atoms with Gasteiger partial charge in [0.1, 0.15) is 4.90 Å². The molecule has 1 N–H and O–H groups in total. The van der Waals surface area contributed by atoms with Crippen LogP contribution in [0.5, 0.6) is 0 Å². The van der Waals surface area contributed by atoms with Crippen LogP contribution in [0.4, 0.5) is 0 Å². The van der Waals surface area contributed by atoms with Gasteiger partial charge in [0.05, 0.1) is 6.61 Å². The Bertz CT molecular complexity index is 551. The first-order valence-corrected chi connectivity index (χ1v) is 8.72. The highest BCUT2D eigenvalue weighted by Gasteiger charge is 2.32. The maximum absolute atomic E-state index is 12.8. The molecule has 114 valence electrons. The second kappa shape index (κ2) is 6.28. The summed E-state index contributed by atoms with van der Waals surface area (Å²) in [5.74, 6) is 0. The SMILES string of the molecule is CCC1CCCCCN1S(=O)(=O)c1cc(CO)n(C)c1. The Labute approximate surface area is 121 Å². The van der Waals surface area contributed by atoms with Crippen LogP contribution in [0.1, 0.15) is 44.7 Å². The number of aliphatic hydroxyl groups is 1. The lowest BCUT2D eigenvalue weighted by atomic mass is 10.1. The maximum atomic E-state index is 12.8. The van der Waals surface area contributed by atoms with Gasteiger partial charge >= 0.3 is 0 Å². The van der Waals surface area contributed by atoms with E-state index in [1.807, 2.05) is 6.92 Å². The first-order chi connectivity index (χ1) is 9.50. The van der Waals surface area contributed by atoms with E-state index in [9.17, 15) is 13.5 Å². The highest BCUT2D eigenvalue weighted by molar-refractivity contribution is 7.89. The molecule has 20 heavy (non-hydrogen) atoms. The predicted octanol–water partition coefficient (Wildman–Crippen LogP) is 1.86. The van der Waals surface area contributed by atoms with E-state index in [0.717, 1.165) is 32.1 Å². The molecule has 0 saturated carbocycles. The van der Waals surface area contributed by atoms with Gasteiger partial charge < -0.3 is 9.67 Å². The van der Waals surface area contributed by atoms with Gasteiger partial charge in [0.2, 0.25) is 10.0 Å². The zero-order chi connectivity index (χ0) is 14.8. The zero-order valence-electron chi connectivity index (χ0n) is 12.2. The fourth-order valence-corrected chi connectivity index (χ4v) is 4.75. The van der Waals surface area contributed by atoms with E-state index in [2.05, 4.69) is 0 Å². The van der Waals surface area contributed by atoms with Crippen LogP contribution in [-0.2, 0) is 23.7 Å². The zero-order valence-corrected chi connectivity index (χ0v) is 13.1. The number of sulfonamides is 1. The Morgan fingerprint density at radius 3 is 2.70 bits per heavy atom. The van der Waals surface area contributed by atoms with E-state index in [4.69, 9.17) is 0 Å². The van der Waals surface area contributed by atoms with Crippen molar-refractivity contribution >= 4 is 10.0 Å². The van der Waals surface area contributed by atoms with Gasteiger partial charge in [-0.1, -0.05) is 19.8 Å². The van der Waals surface area contributed by atoms with E-state index >= 15 is 0 Å². The van der Waals surface area contributed by atoms with Crippen LogP contribution in [-0.4, -0.2) is 35.0 Å². The van der Waals surface area contributed by atoms with Crippen LogP contribution < -0.4 is 0 Å². The van der Waals surface area contributed by atoms with Crippen molar-refractivity contribution in [2.24, 2.45) is 7.05 Å². The third kappa shape index (κ3) is 2.92. The molecule has 0 aliphatic carbocycles. The van der Waals surface area contributed by atoms with Gasteiger partial charge in [0.15, 0.2) is 0 Å². The Balaban J connectivity index is 2.35. The van der Waals surface area contributed by atoms with Crippen LogP contribution >= 0.6 is 0 Å². The second-order valence-corrected chi connectivity index (χ2v) is 7.35. The number of hydrogen-bond acceptors (Lipinski definition) is 3. The van der Waals surface area contributed by atoms with Gasteiger partial charge in [0, 0.05) is 31.5 Å². The maximum Gasteiger partial charge on any atom is 0.244 e. The van der Waals surface area contributed by atoms with Crippen LogP contribution in [0.3, 0.4) is 0 Å². The van der Waals surface area contributed by atoms with Crippen molar-refractivity contribution in [1.29, 1.82) is 0 Å². The van der Waals surface area contributed by atoms with Crippen molar-refractivity contribution < 1.29 is 13.5 Å². The Morgan fingerprint density at radius 2 is 2.10 bits per heavy atom. The third-order valence-electron chi connectivity index (χ3n) is 4.15. The largest absolute Gasteiger partial charge is 0.390 e. The van der Waals surface area contributed by atoms with E-state index in [0.29, 0.717) is 17.1 Å². The minimum atomic E-state index is -3.46. The fraction of sp³-hybridized carbons (Fsp3) is 0.714. The average Bonchev–Trinajstić information content (AvgIpc) is 2.66. The minimum Gasteiger partial charge on any atom is -0.390 e. The lowest BCUT2D eigenvalue weighted by Gasteiger charge is -2.27. The fourth-order valence-electron chi connectivity index (χ4n) is 2.89. The average molecular weight is 300 g/mol. The summed E-state index contributed by atoms with van der Waals surface area (Å²) in [5, 5.41) is 9.22. The minimum absolute atomic E-state index is 0.0975. The molecule has 5 nitrogen and oxygen atoms in total. The highest BCUT2D eigenvalue weighted by atomic mass is 32.2. The summed E-state index contributed by atoms with van der Waals surface area (Å²) < 4.78 is 29.0. The molecule has 2 rings (SSSR count). The monoisotopic (exact) mass is 300 g/mol. The lowest BCUT2D eigenvalue weighted by molar-refractivity contribution is 0.272. The van der Waals surface area contributed by atoms with Crippen molar-refractivity contribution in [2.75, 3.05) is 6.54 Å². The quantitative estimate of drug-likeness (QED) is 0.923. The smallest absolute Gasteiger partial charge is 0.244 e. The van der Waals surface area contributed by atoms with Crippen molar-refractivity contribution in [2.45, 2.75) is 56.6 Å². The Kier molecular flexibility index (Phi) is 4.88. The summed E-state index contributed by atoms with van der Waals surface area (Å²) >= 11 is 0. The summed E-state index contributed by atoms with van der Waals surface area (Å²) in [6.07, 6.45) is 6.50. The summed E-state index contributed by atoms with van der Waals surface area (Å²) in [4.78, 5) is 0.296. The topological polar surface area (TPSA) is 62.5 Å². The molecule has 1 aromatic heterocycles. The van der Waals surface area contributed by atoms with Gasteiger partial charge in [-0.05, 0) is 25.3 Å². The van der Waals surface area contributed by atoms with E-state index in [-0.39, 0.29) is 12.6 Å². The molecule has 1 atom stereocenters. The van der Waals surface area contributed by atoms with Crippen molar-refractivity contribution in [3.63, 3.8) is 0 Å². The first-order valence-electron chi connectivity index (χ1n) is 7.28. The lowest BCUT2D eigenvalue weighted by Crippen LogP contribution is -2.39. The molecule has 1 saturated heterocycles. The molecular formula is C14H24N2O3S. The molecule has 0 radical (unpaired) electrons. The van der Waals surface area contributed by atoms with Crippen LogP contribution in [0.25, 0.3) is 0 Å². The number of aliphatic hydroxyl groups excluding tert-OH is 1. The van der Waals surface area contributed by atoms with Crippen LogP contribution in [0, 0.1) is 0 Å². The van der Waals surface area contributed by atoms with Gasteiger partial charge in [0.25, 0.3) is 0 Å². The molecule has 2 heterocycles. The highest BCUT2D eigenvalue weighted by Crippen LogP contribution is 2.27. The van der Waals surface area contributed by atoms with E-state index in [1.165, 1.54) is 0 Å². The van der Waals surface area contributed by atoms with Crippen molar-refractivity contribution in [3.05, 3.63) is 18.0 Å². The number of aromatic nitrogens is 1. The normalized spacial score (nSPS) is 21.9. The number of aryl methyl sites for hydroxylation is 1. The Morgan fingerprint density at radius 1 is 1.35 bits per heavy atom. The first kappa shape index (κ1) is 15.5. The van der Waals surface area contributed by atoms with Crippen LogP contribution in [0.2, 0.25) is 0 Å². The summed E-state index contributed by atoms with van der Waals surface area (Å²) in [6, 6.07) is 1.67. The van der Waals surface area contributed by atoms with Crippen molar-refractivity contribution in [3.8, 4) is 0 Å². The number of nitrogens with zero attached hydrogens (tertiary/aromatic N) is 2. The molecule has 6 heteroatoms. The molecule has 1 fully saturated rings. The van der Waals surface area contributed by atoms with Gasteiger partial charge in [-0.3, -0.25) is 0 Å². The number of rotatable bonds is 4. The molecule has 1 aliphatic rings. The standard InChI is InChI=1S/C14H24N2O3S/c1-3-12-7-5-4-6-8-16(12)20(18,19)14-9-13(11-17)15(2)10-14/h9-10,12,17H,3-8,11H2,1-2H3. The van der Waals surface area contributed by atoms with Crippen molar-refractivity contribution in [1.82, 2.24) is 8.87 Å². The number of hydrogen-bond donors (Lipinski definition) is 1. The third-order valence-corrected chi connectivity index (χ3v) is 6.06. The molecule has 0 amide bonds. The van der Waals surface area contributed by atoms with E-state index < -0.39 is 10.0 Å². The van der Waals surface area contributed by atoms with Gasteiger partial charge in [-0.2, -0.15) is 4.31 Å². The predicted molar refractivity (Wildman–Crippen MR) is 77.8 cm³/mol. The Hall–Kier alpha value is -0.850. The summed E-state index contributed by atoms with van der Waals surface area (Å²) in [7, 11) is -1.70. The van der Waals surface area contributed by atoms with E-state index in [1.54, 1.807) is 28.2 Å². The molecule has 1 unspecified atom stereocenters. The molecule has 0 aromatic carbocycles. The van der Waals surface area contributed by atoms with Gasteiger partial charge in [-0.25, -0.2) is 8.42 Å². The summed E-state index contributed by atoms with van der Waals surface area (Å²) in [6.45, 7) is 2.50. The molecule has 1 aromatic rings. The molecule has 0 bridgehead atoms. The summed E-state index contributed by atoms with van der Waals surface area (Å²) in [5.41, 5.74) is 0.617. The molecule has 0 spiro atoms. The molecular weight excluding hydrogens is 276 g/mol. The molecule has 1 aliphatic heterocycles.